The van der Waals surface area contributed by atoms with Gasteiger partial charge in [-0.25, -0.2) is 9.97 Å². The van der Waals surface area contributed by atoms with Crippen LogP contribution in [-0.4, -0.2) is 35.1 Å². The van der Waals surface area contributed by atoms with E-state index in [-0.39, 0.29) is 0 Å². The summed E-state index contributed by atoms with van der Waals surface area (Å²) in [6.07, 6.45) is 3.33. The molecule has 1 unspecified atom stereocenters. The van der Waals surface area contributed by atoms with Gasteiger partial charge in [-0.1, -0.05) is 6.92 Å². The molecule has 1 aliphatic rings. The van der Waals surface area contributed by atoms with E-state index < -0.39 is 0 Å². The molecule has 0 bridgehead atoms. The Hall–Kier alpha value is -0.970. The van der Waals surface area contributed by atoms with Crippen molar-refractivity contribution in [3.05, 3.63) is 11.4 Å². The summed E-state index contributed by atoms with van der Waals surface area (Å²) in [5.74, 6) is 6.24. The molecule has 1 atom stereocenters. The van der Waals surface area contributed by atoms with E-state index in [4.69, 9.17) is 0 Å². The number of aryl methyl sites for hydroxylation is 1. The molecule has 1 aliphatic heterocycles. The first-order chi connectivity index (χ1) is 9.24. The molecule has 5 heteroatoms. The molecule has 0 spiro atoms. The molecule has 2 heterocycles. The standard InChI is InChI=1S/C14H24N4S/c1-4-5-12-17-13(15-3)10(2)14(18-12)16-8-11-6-7-19-9-11/h11H,4-9H2,1-3H3,(H2,15,16,17,18). The van der Waals surface area contributed by atoms with E-state index in [0.29, 0.717) is 0 Å². The van der Waals surface area contributed by atoms with Crippen LogP contribution in [0.25, 0.3) is 0 Å². The third kappa shape index (κ3) is 3.75. The highest BCUT2D eigenvalue weighted by molar-refractivity contribution is 7.99. The number of thioether (sulfide) groups is 1. The molecule has 0 aliphatic carbocycles. The summed E-state index contributed by atoms with van der Waals surface area (Å²) >= 11 is 2.06. The van der Waals surface area contributed by atoms with E-state index >= 15 is 0 Å². The molecular weight excluding hydrogens is 256 g/mol. The van der Waals surface area contributed by atoms with Crippen LogP contribution < -0.4 is 10.6 Å². The van der Waals surface area contributed by atoms with E-state index in [1.807, 2.05) is 7.05 Å². The molecule has 4 nitrogen and oxygen atoms in total. The summed E-state index contributed by atoms with van der Waals surface area (Å²) in [4.78, 5) is 9.22. The SMILES string of the molecule is CCCc1nc(NC)c(C)c(NCC2CCSC2)n1. The van der Waals surface area contributed by atoms with Gasteiger partial charge in [0.05, 0.1) is 0 Å². The van der Waals surface area contributed by atoms with Crippen LogP contribution in [0.3, 0.4) is 0 Å². The first-order valence-electron chi connectivity index (χ1n) is 7.11. The van der Waals surface area contributed by atoms with Crippen molar-refractivity contribution in [1.82, 2.24) is 9.97 Å². The van der Waals surface area contributed by atoms with Crippen molar-refractivity contribution in [2.24, 2.45) is 5.92 Å². The molecule has 1 aromatic heterocycles. The summed E-state index contributed by atoms with van der Waals surface area (Å²) in [6.45, 7) is 5.26. The summed E-state index contributed by atoms with van der Waals surface area (Å²) in [7, 11) is 1.92. The summed E-state index contributed by atoms with van der Waals surface area (Å²) < 4.78 is 0. The number of hydrogen-bond donors (Lipinski definition) is 2. The minimum atomic E-state index is 0.784. The fourth-order valence-corrected chi connectivity index (χ4v) is 3.58. The topological polar surface area (TPSA) is 49.8 Å². The van der Waals surface area contributed by atoms with Crippen LogP contribution in [0.2, 0.25) is 0 Å². The predicted octanol–water partition coefficient (Wildman–Crippen LogP) is 2.94. The van der Waals surface area contributed by atoms with Crippen LogP contribution in [0.1, 0.15) is 31.2 Å². The number of rotatable bonds is 6. The monoisotopic (exact) mass is 280 g/mol. The van der Waals surface area contributed by atoms with Gasteiger partial charge < -0.3 is 10.6 Å². The Bertz CT molecular complexity index is 416. The molecule has 2 rings (SSSR count). The first kappa shape index (κ1) is 14.4. The fraction of sp³-hybridized carbons (Fsp3) is 0.714. The van der Waals surface area contributed by atoms with Crippen LogP contribution in [-0.2, 0) is 6.42 Å². The van der Waals surface area contributed by atoms with Gasteiger partial charge in [0.25, 0.3) is 0 Å². The second kappa shape index (κ2) is 6.98. The van der Waals surface area contributed by atoms with E-state index in [1.165, 1.54) is 17.9 Å². The zero-order valence-corrected chi connectivity index (χ0v) is 12.9. The van der Waals surface area contributed by atoms with Crippen molar-refractivity contribution in [3.8, 4) is 0 Å². The lowest BCUT2D eigenvalue weighted by molar-refractivity contribution is 0.629. The molecule has 0 amide bonds. The second-order valence-electron chi connectivity index (χ2n) is 5.07. The van der Waals surface area contributed by atoms with Crippen molar-refractivity contribution in [2.45, 2.75) is 33.1 Å². The Morgan fingerprint density at radius 1 is 1.32 bits per heavy atom. The third-order valence-electron chi connectivity index (χ3n) is 3.48. The van der Waals surface area contributed by atoms with Gasteiger partial charge in [-0.2, -0.15) is 11.8 Å². The number of hydrogen-bond acceptors (Lipinski definition) is 5. The maximum Gasteiger partial charge on any atom is 0.134 e. The van der Waals surface area contributed by atoms with E-state index in [9.17, 15) is 0 Å². The predicted molar refractivity (Wildman–Crippen MR) is 84.2 cm³/mol. The highest BCUT2D eigenvalue weighted by atomic mass is 32.2. The smallest absolute Gasteiger partial charge is 0.134 e. The third-order valence-corrected chi connectivity index (χ3v) is 4.72. The molecule has 0 aromatic carbocycles. The van der Waals surface area contributed by atoms with Crippen molar-refractivity contribution < 1.29 is 0 Å². The van der Waals surface area contributed by atoms with Crippen LogP contribution in [0.4, 0.5) is 11.6 Å². The number of nitrogens with zero attached hydrogens (tertiary/aromatic N) is 2. The Labute approximate surface area is 120 Å². The number of anilines is 2. The van der Waals surface area contributed by atoms with Crippen LogP contribution in [0, 0.1) is 12.8 Å². The average Bonchev–Trinajstić information content (AvgIpc) is 2.92. The molecule has 2 N–H and O–H groups in total. The van der Waals surface area contributed by atoms with E-state index in [2.05, 4.69) is 46.2 Å². The Balaban J connectivity index is 2.09. The van der Waals surface area contributed by atoms with Gasteiger partial charge in [0, 0.05) is 25.6 Å². The highest BCUT2D eigenvalue weighted by Crippen LogP contribution is 2.25. The van der Waals surface area contributed by atoms with E-state index in [1.54, 1.807) is 0 Å². The molecule has 0 saturated carbocycles. The summed E-state index contributed by atoms with van der Waals surface area (Å²) in [5, 5.41) is 6.69. The van der Waals surface area contributed by atoms with Crippen molar-refractivity contribution >= 4 is 23.4 Å². The zero-order chi connectivity index (χ0) is 13.7. The second-order valence-corrected chi connectivity index (χ2v) is 6.22. The Morgan fingerprint density at radius 3 is 2.74 bits per heavy atom. The van der Waals surface area contributed by atoms with Gasteiger partial charge in [0.1, 0.15) is 17.5 Å². The Morgan fingerprint density at radius 2 is 2.11 bits per heavy atom. The molecule has 106 valence electrons. The molecule has 19 heavy (non-hydrogen) atoms. The van der Waals surface area contributed by atoms with Gasteiger partial charge in [0.15, 0.2) is 0 Å². The largest absolute Gasteiger partial charge is 0.373 e. The van der Waals surface area contributed by atoms with Crippen LogP contribution in [0.15, 0.2) is 0 Å². The van der Waals surface area contributed by atoms with E-state index in [0.717, 1.165) is 48.3 Å². The maximum absolute atomic E-state index is 4.66. The van der Waals surface area contributed by atoms with Crippen molar-refractivity contribution in [3.63, 3.8) is 0 Å². The lowest BCUT2D eigenvalue weighted by Crippen LogP contribution is -2.16. The molecule has 1 saturated heterocycles. The van der Waals surface area contributed by atoms with Crippen molar-refractivity contribution in [1.29, 1.82) is 0 Å². The normalized spacial score (nSPS) is 18.6. The quantitative estimate of drug-likeness (QED) is 0.839. The van der Waals surface area contributed by atoms with Crippen LogP contribution >= 0.6 is 11.8 Å². The number of aromatic nitrogens is 2. The molecule has 0 radical (unpaired) electrons. The maximum atomic E-state index is 4.66. The zero-order valence-electron chi connectivity index (χ0n) is 12.1. The van der Waals surface area contributed by atoms with Gasteiger partial charge in [-0.15, -0.1) is 0 Å². The molecule has 1 aromatic rings. The minimum Gasteiger partial charge on any atom is -0.373 e. The summed E-state index contributed by atoms with van der Waals surface area (Å²) in [5.41, 5.74) is 1.12. The van der Waals surface area contributed by atoms with Gasteiger partial charge in [-0.3, -0.25) is 0 Å². The Kier molecular flexibility index (Phi) is 5.31. The lowest BCUT2D eigenvalue weighted by atomic mass is 10.1. The molecular formula is C14H24N4S. The van der Waals surface area contributed by atoms with Gasteiger partial charge in [0.2, 0.25) is 0 Å². The fourth-order valence-electron chi connectivity index (χ4n) is 2.30. The van der Waals surface area contributed by atoms with Gasteiger partial charge >= 0.3 is 0 Å². The summed E-state index contributed by atoms with van der Waals surface area (Å²) in [6, 6.07) is 0. The van der Waals surface area contributed by atoms with Crippen molar-refractivity contribution in [2.75, 3.05) is 35.7 Å². The molecule has 1 fully saturated rings. The number of nitrogens with one attached hydrogen (secondary N) is 2. The average molecular weight is 280 g/mol. The minimum absolute atomic E-state index is 0.784. The first-order valence-corrected chi connectivity index (χ1v) is 8.27. The lowest BCUT2D eigenvalue weighted by Gasteiger charge is -2.15. The highest BCUT2D eigenvalue weighted by Gasteiger charge is 2.16. The van der Waals surface area contributed by atoms with Gasteiger partial charge in [-0.05, 0) is 37.2 Å². The van der Waals surface area contributed by atoms with Crippen LogP contribution in [0.5, 0.6) is 0 Å².